The van der Waals surface area contributed by atoms with Gasteiger partial charge in [-0.05, 0) is 5.56 Å². The maximum atomic E-state index is 11.8. The van der Waals surface area contributed by atoms with Crippen molar-refractivity contribution in [3.8, 4) is 0 Å². The van der Waals surface area contributed by atoms with Crippen LogP contribution < -0.4 is 0 Å². The Hall–Kier alpha value is -3.82. The largest absolute Gasteiger partial charge is 0.481 e. The highest BCUT2D eigenvalue weighted by molar-refractivity contribution is 5.94. The van der Waals surface area contributed by atoms with Gasteiger partial charge in [-0.2, -0.15) is 0 Å². The molecule has 0 saturated heterocycles. The average molecular weight is 374 g/mol. The van der Waals surface area contributed by atoms with E-state index in [0.717, 1.165) is 12.1 Å². The lowest BCUT2D eigenvalue weighted by molar-refractivity contribution is -0.534. The number of aliphatic carboxylic acids is 2. The number of hydrogen-bond donors (Lipinski definition) is 2. The minimum absolute atomic E-state index is 0.0894. The van der Waals surface area contributed by atoms with Gasteiger partial charge in [-0.25, -0.2) is 0 Å². The average Bonchev–Trinajstić information content (AvgIpc) is 2.61. The zero-order chi connectivity index (χ0) is 20.1. The molecule has 0 aromatic heterocycles. The molecule has 2 atom stereocenters. The molecule has 27 heavy (non-hydrogen) atoms. The first-order valence-corrected chi connectivity index (χ1v) is 7.62. The van der Waals surface area contributed by atoms with Gasteiger partial charge in [0.05, 0.1) is 10.8 Å². The third-order valence-electron chi connectivity index (χ3n) is 4.07. The van der Waals surface area contributed by atoms with Crippen LogP contribution in [0.2, 0.25) is 0 Å². The van der Waals surface area contributed by atoms with Crippen molar-refractivity contribution >= 4 is 17.6 Å². The number of non-ortho nitro benzene ring substituents is 1. The van der Waals surface area contributed by atoms with Gasteiger partial charge in [-0.1, -0.05) is 42.5 Å². The van der Waals surface area contributed by atoms with E-state index in [-0.39, 0.29) is 11.1 Å². The van der Waals surface area contributed by atoms with E-state index in [1.807, 2.05) is 0 Å². The van der Waals surface area contributed by atoms with Crippen LogP contribution in [0.5, 0.6) is 0 Å². The second-order valence-corrected chi connectivity index (χ2v) is 5.67. The summed E-state index contributed by atoms with van der Waals surface area (Å²) in [5.74, 6) is -7.40. The molecule has 0 radical (unpaired) electrons. The lowest BCUT2D eigenvalue weighted by Crippen LogP contribution is -2.35. The van der Waals surface area contributed by atoms with Crippen molar-refractivity contribution in [2.75, 3.05) is 0 Å². The Morgan fingerprint density at radius 2 is 1.41 bits per heavy atom. The Labute approximate surface area is 152 Å². The number of benzene rings is 2. The van der Waals surface area contributed by atoms with Crippen LogP contribution in [0.25, 0.3) is 0 Å². The highest BCUT2D eigenvalue weighted by Gasteiger charge is 2.47. The first-order chi connectivity index (χ1) is 12.7. The molecule has 2 aromatic carbocycles. The van der Waals surface area contributed by atoms with E-state index in [0.29, 0.717) is 0 Å². The molecule has 2 rings (SSSR count). The van der Waals surface area contributed by atoms with E-state index >= 15 is 0 Å². The van der Waals surface area contributed by atoms with E-state index in [1.165, 1.54) is 36.4 Å². The van der Waals surface area contributed by atoms with Crippen LogP contribution in [-0.2, 0) is 9.59 Å². The normalized spacial score (nSPS) is 12.9. The Morgan fingerprint density at radius 3 is 1.89 bits per heavy atom. The first-order valence-electron chi connectivity index (χ1n) is 7.62. The smallest absolute Gasteiger partial charge is 0.318 e. The molecule has 0 aliphatic heterocycles. The fourth-order valence-corrected chi connectivity index (χ4v) is 2.93. The molecule has 0 spiro atoms. The fraction of sp³-hybridized carbons (Fsp3) is 0.176. The number of carbonyl (C=O) groups is 2. The quantitative estimate of drug-likeness (QED) is 0.404. The molecule has 10 heteroatoms. The van der Waals surface area contributed by atoms with Gasteiger partial charge < -0.3 is 10.2 Å². The van der Waals surface area contributed by atoms with Gasteiger partial charge in [-0.15, -0.1) is 0 Å². The minimum atomic E-state index is -2.18. The van der Waals surface area contributed by atoms with Crippen molar-refractivity contribution in [1.82, 2.24) is 0 Å². The van der Waals surface area contributed by atoms with Crippen LogP contribution in [0.4, 0.5) is 5.69 Å². The first kappa shape index (κ1) is 19.5. The number of nitro groups is 2. The number of hydrogen-bond acceptors (Lipinski definition) is 6. The van der Waals surface area contributed by atoms with Gasteiger partial charge in [-0.3, -0.25) is 29.8 Å². The molecule has 2 aromatic rings. The maximum Gasteiger partial charge on any atom is 0.318 e. The molecule has 0 amide bonds. The van der Waals surface area contributed by atoms with Crippen molar-refractivity contribution in [3.05, 3.63) is 86.0 Å². The van der Waals surface area contributed by atoms with E-state index < -0.39 is 45.4 Å². The van der Waals surface area contributed by atoms with Crippen molar-refractivity contribution in [1.29, 1.82) is 0 Å². The molecular formula is C17H14N2O8. The zero-order valence-corrected chi connectivity index (χ0v) is 13.7. The highest BCUT2D eigenvalue weighted by atomic mass is 16.6. The number of carboxylic acid groups (broad SMARTS) is 2. The predicted octanol–water partition coefficient (Wildman–Crippen LogP) is 2.48. The van der Waals surface area contributed by atoms with Crippen LogP contribution in [0.15, 0.2) is 54.6 Å². The van der Waals surface area contributed by atoms with Gasteiger partial charge in [0.15, 0.2) is 5.92 Å². The molecule has 0 saturated carbocycles. The molecular weight excluding hydrogens is 360 g/mol. The van der Waals surface area contributed by atoms with Gasteiger partial charge >= 0.3 is 11.9 Å². The number of nitrogens with zero attached hydrogens (tertiary/aromatic N) is 2. The minimum Gasteiger partial charge on any atom is -0.481 e. The van der Waals surface area contributed by atoms with Gasteiger partial charge in [0, 0.05) is 22.6 Å². The van der Waals surface area contributed by atoms with Crippen molar-refractivity contribution in [2.24, 2.45) is 5.92 Å². The van der Waals surface area contributed by atoms with E-state index in [2.05, 4.69) is 0 Å². The van der Waals surface area contributed by atoms with Gasteiger partial charge in [0.25, 0.3) is 5.69 Å². The van der Waals surface area contributed by atoms with E-state index in [4.69, 9.17) is 0 Å². The SMILES string of the molecule is O=C(O)C(C(=O)O)[C@@H](c1cccc([N+](=O)[O-])c1)[C@H](c1ccccc1)[N+](=O)[O-]. The van der Waals surface area contributed by atoms with Gasteiger partial charge in [0.1, 0.15) is 0 Å². The summed E-state index contributed by atoms with van der Waals surface area (Å²) in [5, 5.41) is 41.6. The third kappa shape index (κ3) is 4.24. The van der Waals surface area contributed by atoms with Crippen LogP contribution in [-0.4, -0.2) is 32.0 Å². The highest BCUT2D eigenvalue weighted by Crippen LogP contribution is 2.40. The Balaban J connectivity index is 2.73. The van der Waals surface area contributed by atoms with E-state index in [9.17, 15) is 40.0 Å². The van der Waals surface area contributed by atoms with Crippen LogP contribution in [0.1, 0.15) is 23.1 Å². The predicted molar refractivity (Wildman–Crippen MR) is 90.8 cm³/mol. The molecule has 140 valence electrons. The molecule has 0 heterocycles. The van der Waals surface area contributed by atoms with Crippen LogP contribution in [0.3, 0.4) is 0 Å². The topological polar surface area (TPSA) is 161 Å². The lowest BCUT2D eigenvalue weighted by Gasteiger charge is -2.24. The Morgan fingerprint density at radius 1 is 0.852 bits per heavy atom. The van der Waals surface area contributed by atoms with Gasteiger partial charge in [0.2, 0.25) is 6.04 Å². The second-order valence-electron chi connectivity index (χ2n) is 5.67. The summed E-state index contributed by atoms with van der Waals surface area (Å²) in [4.78, 5) is 44.5. The maximum absolute atomic E-state index is 11.8. The molecule has 0 aliphatic rings. The standard InChI is InChI=1S/C17H14N2O8/c20-16(21)14(17(22)23)13(11-7-4-8-12(9-11)18(24)25)15(19(26)27)10-5-2-1-3-6-10/h1-9,13-15H,(H,20,21)(H,22,23)/t13-,15+/m1/s1. The molecule has 0 unspecified atom stereocenters. The van der Waals surface area contributed by atoms with Crippen molar-refractivity contribution in [3.63, 3.8) is 0 Å². The number of carboxylic acids is 2. The number of nitro benzene ring substituents is 1. The summed E-state index contributed by atoms with van der Waals surface area (Å²) in [5.41, 5.74) is -0.460. The summed E-state index contributed by atoms with van der Waals surface area (Å²) in [6.45, 7) is 0. The summed E-state index contributed by atoms with van der Waals surface area (Å²) >= 11 is 0. The fourth-order valence-electron chi connectivity index (χ4n) is 2.93. The monoisotopic (exact) mass is 374 g/mol. The Bertz CT molecular complexity index is 870. The Kier molecular flexibility index (Phi) is 5.81. The van der Waals surface area contributed by atoms with Crippen LogP contribution in [0, 0.1) is 26.1 Å². The summed E-state index contributed by atoms with van der Waals surface area (Å²) in [6, 6.07) is 10.2. The van der Waals surface area contributed by atoms with Crippen molar-refractivity contribution in [2.45, 2.75) is 12.0 Å². The summed E-state index contributed by atoms with van der Waals surface area (Å²) < 4.78 is 0. The third-order valence-corrected chi connectivity index (χ3v) is 4.07. The van der Waals surface area contributed by atoms with E-state index in [1.54, 1.807) is 6.07 Å². The van der Waals surface area contributed by atoms with Crippen molar-refractivity contribution < 1.29 is 29.6 Å². The number of rotatable bonds is 8. The molecule has 0 bridgehead atoms. The zero-order valence-electron chi connectivity index (χ0n) is 13.7. The summed E-state index contributed by atoms with van der Waals surface area (Å²) in [6.07, 6.45) is 0. The lowest BCUT2D eigenvalue weighted by atomic mass is 9.78. The summed E-state index contributed by atoms with van der Waals surface area (Å²) in [7, 11) is 0. The second kappa shape index (κ2) is 8.04. The molecule has 2 N–H and O–H groups in total. The molecule has 0 aliphatic carbocycles. The molecule has 0 fully saturated rings. The molecule has 10 nitrogen and oxygen atoms in total. The van der Waals surface area contributed by atoms with Crippen LogP contribution >= 0.6 is 0 Å².